The molecule has 2 saturated heterocycles. The second-order valence-corrected chi connectivity index (χ2v) is 10.6. The number of benzene rings is 1. The van der Waals surface area contributed by atoms with E-state index in [2.05, 4.69) is 31.0 Å². The van der Waals surface area contributed by atoms with Gasteiger partial charge in [-0.25, -0.2) is 9.69 Å². The SMILES string of the molecule is COc1ccc(OC)c([C@@H]2CCCN2CN2C(=O)NC3(CCC(C(C)(C)C)CC3)C2=O)c1. The molecule has 1 N–H and O–H groups in total. The van der Waals surface area contributed by atoms with Gasteiger partial charge >= 0.3 is 6.03 Å². The summed E-state index contributed by atoms with van der Waals surface area (Å²) in [5.74, 6) is 2.10. The lowest BCUT2D eigenvalue weighted by Crippen LogP contribution is -2.51. The average molecular weight is 444 g/mol. The van der Waals surface area contributed by atoms with E-state index in [4.69, 9.17) is 9.47 Å². The van der Waals surface area contributed by atoms with E-state index in [0.29, 0.717) is 12.6 Å². The second-order valence-electron chi connectivity index (χ2n) is 10.6. The molecule has 1 aromatic rings. The topological polar surface area (TPSA) is 71.1 Å². The van der Waals surface area contributed by atoms with Gasteiger partial charge in [-0.15, -0.1) is 0 Å². The van der Waals surface area contributed by atoms with Crippen LogP contribution in [0.3, 0.4) is 0 Å². The number of hydrogen-bond donors (Lipinski definition) is 1. The Bertz CT molecular complexity index is 870. The number of imide groups is 1. The Morgan fingerprint density at radius 2 is 1.81 bits per heavy atom. The van der Waals surface area contributed by atoms with Gasteiger partial charge in [0.25, 0.3) is 5.91 Å². The predicted molar refractivity (Wildman–Crippen MR) is 123 cm³/mol. The average Bonchev–Trinajstić information content (AvgIpc) is 3.31. The highest BCUT2D eigenvalue weighted by Gasteiger charge is 2.53. The lowest BCUT2D eigenvalue weighted by Gasteiger charge is -2.40. The number of ether oxygens (including phenoxy) is 2. The molecule has 1 saturated carbocycles. The zero-order valence-electron chi connectivity index (χ0n) is 20.1. The van der Waals surface area contributed by atoms with Gasteiger partial charge in [-0.1, -0.05) is 20.8 Å². The minimum atomic E-state index is -0.721. The Kier molecular flexibility index (Phi) is 6.14. The van der Waals surface area contributed by atoms with Crippen LogP contribution < -0.4 is 14.8 Å². The first-order valence-corrected chi connectivity index (χ1v) is 11.8. The Balaban J connectivity index is 1.50. The van der Waals surface area contributed by atoms with E-state index >= 15 is 0 Å². The van der Waals surface area contributed by atoms with Crippen molar-refractivity contribution in [2.24, 2.45) is 11.3 Å². The van der Waals surface area contributed by atoms with E-state index < -0.39 is 5.54 Å². The molecule has 7 heteroatoms. The summed E-state index contributed by atoms with van der Waals surface area (Å²) < 4.78 is 11.0. The number of carbonyl (C=O) groups is 2. The third-order valence-corrected chi connectivity index (χ3v) is 7.79. The third-order valence-electron chi connectivity index (χ3n) is 7.79. The first-order valence-electron chi connectivity index (χ1n) is 11.8. The van der Waals surface area contributed by atoms with Crippen molar-refractivity contribution in [2.45, 2.75) is 70.9 Å². The van der Waals surface area contributed by atoms with Crippen LogP contribution in [-0.2, 0) is 4.79 Å². The third kappa shape index (κ3) is 4.07. The van der Waals surface area contributed by atoms with Crippen LogP contribution in [0.4, 0.5) is 4.79 Å². The van der Waals surface area contributed by atoms with Crippen molar-refractivity contribution >= 4 is 11.9 Å². The van der Waals surface area contributed by atoms with Crippen LogP contribution in [-0.4, -0.2) is 54.7 Å². The molecule has 176 valence electrons. The first-order chi connectivity index (χ1) is 15.2. The number of likely N-dealkylation sites (tertiary alicyclic amines) is 1. The Labute approximate surface area is 191 Å². The van der Waals surface area contributed by atoms with Crippen LogP contribution >= 0.6 is 0 Å². The smallest absolute Gasteiger partial charge is 0.326 e. The van der Waals surface area contributed by atoms with Gasteiger partial charge in [0.1, 0.15) is 17.0 Å². The molecule has 7 nitrogen and oxygen atoms in total. The number of nitrogens with zero attached hydrogens (tertiary/aromatic N) is 2. The van der Waals surface area contributed by atoms with E-state index in [1.54, 1.807) is 14.2 Å². The molecule has 0 aromatic heterocycles. The molecule has 32 heavy (non-hydrogen) atoms. The zero-order valence-corrected chi connectivity index (χ0v) is 20.1. The van der Waals surface area contributed by atoms with Crippen molar-refractivity contribution in [1.82, 2.24) is 15.1 Å². The molecule has 4 rings (SSSR count). The molecule has 3 aliphatic rings. The van der Waals surface area contributed by atoms with E-state index in [1.807, 2.05) is 18.2 Å². The van der Waals surface area contributed by atoms with Gasteiger partial charge in [-0.05, 0) is 68.1 Å². The van der Waals surface area contributed by atoms with E-state index in [1.165, 1.54) is 4.90 Å². The number of urea groups is 1. The molecule has 1 aromatic carbocycles. The van der Waals surface area contributed by atoms with Gasteiger partial charge in [0, 0.05) is 18.2 Å². The van der Waals surface area contributed by atoms with Gasteiger partial charge in [-0.3, -0.25) is 9.69 Å². The van der Waals surface area contributed by atoms with Crippen molar-refractivity contribution in [2.75, 3.05) is 27.4 Å². The molecular formula is C25H37N3O4. The number of rotatable bonds is 5. The fourth-order valence-corrected chi connectivity index (χ4v) is 5.75. The Hall–Kier alpha value is -2.28. The summed E-state index contributed by atoms with van der Waals surface area (Å²) in [6, 6.07) is 5.63. The summed E-state index contributed by atoms with van der Waals surface area (Å²) in [6.45, 7) is 7.92. The van der Waals surface area contributed by atoms with E-state index in [0.717, 1.165) is 62.1 Å². The fourth-order valence-electron chi connectivity index (χ4n) is 5.75. The molecule has 2 aliphatic heterocycles. The number of methoxy groups -OCH3 is 2. The predicted octanol–water partition coefficient (Wildman–Crippen LogP) is 4.33. The summed E-state index contributed by atoms with van der Waals surface area (Å²) in [5, 5.41) is 3.08. The monoisotopic (exact) mass is 443 g/mol. The van der Waals surface area contributed by atoms with Crippen LogP contribution in [0, 0.1) is 11.3 Å². The lowest BCUT2D eigenvalue weighted by atomic mass is 9.67. The van der Waals surface area contributed by atoms with Crippen molar-refractivity contribution < 1.29 is 19.1 Å². The zero-order chi connectivity index (χ0) is 23.1. The molecule has 0 bridgehead atoms. The quantitative estimate of drug-likeness (QED) is 0.686. The summed E-state index contributed by atoms with van der Waals surface area (Å²) >= 11 is 0. The van der Waals surface area contributed by atoms with Crippen molar-refractivity contribution in [1.29, 1.82) is 0 Å². The van der Waals surface area contributed by atoms with Crippen LogP contribution in [0.25, 0.3) is 0 Å². The molecule has 1 atom stereocenters. The number of nitrogens with one attached hydrogen (secondary N) is 1. The molecule has 2 heterocycles. The lowest BCUT2D eigenvalue weighted by molar-refractivity contribution is -0.134. The van der Waals surface area contributed by atoms with Crippen molar-refractivity contribution in [3.8, 4) is 11.5 Å². The Morgan fingerprint density at radius 1 is 1.09 bits per heavy atom. The number of amides is 3. The van der Waals surface area contributed by atoms with E-state index in [-0.39, 0.29) is 23.4 Å². The van der Waals surface area contributed by atoms with E-state index in [9.17, 15) is 9.59 Å². The maximum absolute atomic E-state index is 13.5. The van der Waals surface area contributed by atoms with Crippen LogP contribution in [0.2, 0.25) is 0 Å². The molecular weight excluding hydrogens is 406 g/mol. The van der Waals surface area contributed by atoms with Crippen LogP contribution in [0.15, 0.2) is 18.2 Å². The highest BCUT2D eigenvalue weighted by molar-refractivity contribution is 6.07. The highest BCUT2D eigenvalue weighted by atomic mass is 16.5. The molecule has 3 amide bonds. The largest absolute Gasteiger partial charge is 0.497 e. The van der Waals surface area contributed by atoms with Crippen LogP contribution in [0.5, 0.6) is 11.5 Å². The van der Waals surface area contributed by atoms with Gasteiger partial charge < -0.3 is 14.8 Å². The highest BCUT2D eigenvalue weighted by Crippen LogP contribution is 2.44. The van der Waals surface area contributed by atoms with Crippen molar-refractivity contribution in [3.63, 3.8) is 0 Å². The first kappa shape index (κ1) is 22.9. The minimum absolute atomic E-state index is 0.0573. The normalized spacial score (nSPS) is 29.0. The van der Waals surface area contributed by atoms with Gasteiger partial charge in [0.2, 0.25) is 0 Å². The summed E-state index contributed by atoms with van der Waals surface area (Å²) in [5.41, 5.74) is 0.546. The molecule has 1 aliphatic carbocycles. The molecule has 0 unspecified atom stereocenters. The Morgan fingerprint density at radius 3 is 2.44 bits per heavy atom. The summed E-state index contributed by atoms with van der Waals surface area (Å²) in [6.07, 6.45) is 5.35. The fraction of sp³-hybridized carbons (Fsp3) is 0.680. The van der Waals surface area contributed by atoms with Gasteiger partial charge in [-0.2, -0.15) is 0 Å². The standard InChI is InChI=1S/C25H37N3O4/c1-24(2,3)17-10-12-25(13-11-17)22(29)28(23(30)26-25)16-27-14-6-7-20(27)19-15-18(31-4)8-9-21(19)32-5/h8-9,15,17,20H,6-7,10-14,16H2,1-5H3,(H,26,30)/t17?,20-,25?/m0/s1. The van der Waals surface area contributed by atoms with Gasteiger partial charge in [0.15, 0.2) is 0 Å². The summed E-state index contributed by atoms with van der Waals surface area (Å²) in [7, 11) is 3.32. The van der Waals surface area contributed by atoms with Crippen molar-refractivity contribution in [3.05, 3.63) is 23.8 Å². The second kappa shape index (κ2) is 8.58. The maximum atomic E-state index is 13.5. The van der Waals surface area contributed by atoms with Crippen LogP contribution in [0.1, 0.15) is 70.9 Å². The molecule has 3 fully saturated rings. The maximum Gasteiger partial charge on any atom is 0.326 e. The summed E-state index contributed by atoms with van der Waals surface area (Å²) in [4.78, 5) is 30.0. The molecule has 1 spiro atoms. The van der Waals surface area contributed by atoms with Gasteiger partial charge in [0.05, 0.1) is 20.9 Å². The minimum Gasteiger partial charge on any atom is -0.497 e. The number of carbonyl (C=O) groups excluding carboxylic acids is 2. The number of hydrogen-bond acceptors (Lipinski definition) is 5. The molecule has 0 radical (unpaired) electrons.